The van der Waals surface area contributed by atoms with Gasteiger partial charge in [0.2, 0.25) is 12.2 Å². The molecular weight excluding hydrogens is 617 g/mol. The van der Waals surface area contributed by atoms with E-state index < -0.39 is 83.0 Å². The number of hydrogen-bond acceptors (Lipinski definition) is 11. The van der Waals surface area contributed by atoms with Crippen molar-refractivity contribution in [3.63, 3.8) is 0 Å². The van der Waals surface area contributed by atoms with Gasteiger partial charge in [0.25, 0.3) is 3.79 Å². The lowest BCUT2D eigenvalue weighted by Gasteiger charge is -2.48. The van der Waals surface area contributed by atoms with Crippen LogP contribution < -0.4 is 0 Å². The van der Waals surface area contributed by atoms with Crippen LogP contribution in [0.2, 0.25) is 0 Å². The molecular formula is C28H44Cl3NO10. The monoisotopic (exact) mass is 659 g/mol. The number of rotatable bonds is 6. The van der Waals surface area contributed by atoms with Gasteiger partial charge in [-0.05, 0) is 39.5 Å². The lowest BCUT2D eigenvalue weighted by atomic mass is 9.82. The number of alkyl halides is 3. The molecule has 4 saturated heterocycles. The SMILES string of the molecule is CC(=O)OC1[C@H](OC2C(OC(=N)C(Cl)(Cl)Cl)OC(C)[C@@H]3OC(C)(C)O[C@H]23)OC(C)[C@H](O[C@@H]2OC[C@@H](C)[C@H](C)C2C)[C@@H]1C. The molecule has 0 amide bonds. The second-order valence-corrected chi connectivity index (χ2v) is 14.7. The van der Waals surface area contributed by atoms with Crippen molar-refractivity contribution in [1.82, 2.24) is 0 Å². The van der Waals surface area contributed by atoms with Gasteiger partial charge in [0.1, 0.15) is 12.2 Å². The minimum atomic E-state index is -2.14. The highest BCUT2D eigenvalue weighted by molar-refractivity contribution is 6.76. The average molecular weight is 661 g/mol. The van der Waals surface area contributed by atoms with Gasteiger partial charge in [-0.25, -0.2) is 0 Å². The van der Waals surface area contributed by atoms with Crippen molar-refractivity contribution in [3.05, 3.63) is 0 Å². The van der Waals surface area contributed by atoms with Gasteiger partial charge in [-0.15, -0.1) is 0 Å². The zero-order valence-corrected chi connectivity index (χ0v) is 27.8. The van der Waals surface area contributed by atoms with Crippen LogP contribution in [0.1, 0.15) is 62.3 Å². The maximum absolute atomic E-state index is 12.3. The molecule has 0 spiro atoms. The quantitative estimate of drug-likeness (QED) is 0.181. The van der Waals surface area contributed by atoms with Gasteiger partial charge in [0, 0.05) is 18.8 Å². The predicted octanol–water partition coefficient (Wildman–Crippen LogP) is 4.96. The fraction of sp³-hybridized carbons (Fsp3) is 0.929. The first kappa shape index (κ1) is 34.4. The maximum atomic E-state index is 12.3. The molecule has 4 aliphatic heterocycles. The molecule has 11 nitrogen and oxygen atoms in total. The van der Waals surface area contributed by atoms with Crippen LogP contribution in [0.4, 0.5) is 0 Å². The van der Waals surface area contributed by atoms with Crippen LogP contribution >= 0.6 is 34.8 Å². The fourth-order valence-electron chi connectivity index (χ4n) is 6.09. The summed E-state index contributed by atoms with van der Waals surface area (Å²) in [5.74, 6) is -1.51. The normalized spacial score (nSPS) is 45.6. The molecule has 1 N–H and O–H groups in total. The first-order chi connectivity index (χ1) is 19.4. The minimum absolute atomic E-state index is 0.154. The molecule has 4 aliphatic rings. The Bertz CT molecular complexity index is 982. The van der Waals surface area contributed by atoms with Crippen molar-refractivity contribution in [3.8, 4) is 0 Å². The molecule has 0 aromatic rings. The summed E-state index contributed by atoms with van der Waals surface area (Å²) >= 11 is 17.7. The fourth-order valence-corrected chi connectivity index (χ4v) is 6.23. The van der Waals surface area contributed by atoms with Gasteiger partial charge in [0.15, 0.2) is 30.6 Å². The van der Waals surface area contributed by atoms with E-state index in [1.54, 1.807) is 20.8 Å². The third-order valence-electron chi connectivity index (χ3n) is 8.74. The Morgan fingerprint density at radius 2 is 1.38 bits per heavy atom. The van der Waals surface area contributed by atoms with Crippen LogP contribution in [-0.4, -0.2) is 89.7 Å². The van der Waals surface area contributed by atoms with Crippen LogP contribution in [0.3, 0.4) is 0 Å². The highest BCUT2D eigenvalue weighted by Gasteiger charge is 2.58. The lowest BCUT2D eigenvalue weighted by molar-refractivity contribution is -0.355. The van der Waals surface area contributed by atoms with Crippen molar-refractivity contribution in [2.75, 3.05) is 6.61 Å². The van der Waals surface area contributed by atoms with Crippen LogP contribution in [0.5, 0.6) is 0 Å². The smallest absolute Gasteiger partial charge is 0.303 e. The van der Waals surface area contributed by atoms with E-state index in [4.69, 9.17) is 82.8 Å². The summed E-state index contributed by atoms with van der Waals surface area (Å²) in [4.78, 5) is 12.3. The van der Waals surface area contributed by atoms with Gasteiger partial charge < -0.3 is 42.6 Å². The Morgan fingerprint density at radius 1 is 0.786 bits per heavy atom. The molecule has 0 aromatic carbocycles. The molecule has 0 saturated carbocycles. The van der Waals surface area contributed by atoms with Crippen molar-refractivity contribution in [2.45, 2.75) is 133 Å². The Balaban J connectivity index is 1.58. The Hall–Kier alpha value is -0.470. The molecule has 0 aromatic heterocycles. The third kappa shape index (κ3) is 7.49. The van der Waals surface area contributed by atoms with Crippen LogP contribution in [-0.2, 0) is 47.4 Å². The summed E-state index contributed by atoms with van der Waals surface area (Å²) in [7, 11) is 0. The third-order valence-corrected chi connectivity index (χ3v) is 9.25. The number of halogens is 3. The average Bonchev–Trinajstić information content (AvgIpc) is 3.21. The Morgan fingerprint density at radius 3 is 2.00 bits per heavy atom. The number of ether oxygens (including phenoxy) is 9. The van der Waals surface area contributed by atoms with E-state index >= 15 is 0 Å². The van der Waals surface area contributed by atoms with Gasteiger partial charge in [-0.3, -0.25) is 10.2 Å². The van der Waals surface area contributed by atoms with E-state index in [9.17, 15) is 4.79 Å². The number of fused-ring (bicyclic) bond motifs is 1. The molecule has 0 aliphatic carbocycles. The summed E-state index contributed by atoms with van der Waals surface area (Å²) in [5.41, 5.74) is 0. The summed E-state index contributed by atoms with van der Waals surface area (Å²) in [6.07, 6.45) is -7.35. The summed E-state index contributed by atoms with van der Waals surface area (Å²) in [5, 5.41) is 8.15. The van der Waals surface area contributed by atoms with Crippen LogP contribution in [0, 0.1) is 29.1 Å². The second-order valence-electron chi connectivity index (χ2n) is 12.5. The maximum Gasteiger partial charge on any atom is 0.303 e. The van der Waals surface area contributed by atoms with Gasteiger partial charge >= 0.3 is 5.97 Å². The molecule has 14 heteroatoms. The molecule has 4 rings (SSSR count). The molecule has 6 unspecified atom stereocenters. The summed E-state index contributed by atoms with van der Waals surface area (Å²) < 4.78 is 53.1. The molecule has 14 atom stereocenters. The number of hydrogen-bond donors (Lipinski definition) is 1. The molecule has 242 valence electrons. The summed E-state index contributed by atoms with van der Waals surface area (Å²) in [6, 6.07) is 0. The standard InChI is InChI=1S/C28H44Cl3NO10/c1-11-10-34-23(13(3)12(11)2)38-18-14(4)19(37-17(7)33)24(35-15(18)5)39-22-21-20(41-27(8,9)42-21)16(6)36-25(22)40-26(32)28(29,30)31/h11-16,18-25,32H,10H2,1-9H3/t11-,12+,13?,14+,15?,16?,18-,19?,20+,21+,22?,23+,24+,25?/m1/s1. The molecule has 42 heavy (non-hydrogen) atoms. The van der Waals surface area contributed by atoms with Crippen molar-refractivity contribution in [1.29, 1.82) is 5.41 Å². The molecule has 4 heterocycles. The zero-order valence-electron chi connectivity index (χ0n) is 25.5. The predicted molar refractivity (Wildman–Crippen MR) is 153 cm³/mol. The highest BCUT2D eigenvalue weighted by atomic mass is 35.6. The largest absolute Gasteiger partial charge is 0.457 e. The Labute approximate surface area is 262 Å². The first-order valence-corrected chi connectivity index (χ1v) is 15.6. The first-order valence-electron chi connectivity index (χ1n) is 14.5. The number of carbonyl (C=O) groups excluding carboxylic acids is 1. The lowest BCUT2D eigenvalue weighted by Crippen LogP contribution is -2.62. The van der Waals surface area contributed by atoms with Crippen molar-refractivity contribution < 1.29 is 47.4 Å². The molecule has 4 fully saturated rings. The van der Waals surface area contributed by atoms with E-state index in [-0.39, 0.29) is 11.8 Å². The van der Waals surface area contributed by atoms with Crippen molar-refractivity contribution in [2.24, 2.45) is 23.7 Å². The van der Waals surface area contributed by atoms with Gasteiger partial charge in [-0.1, -0.05) is 62.5 Å². The highest BCUT2D eigenvalue weighted by Crippen LogP contribution is 2.42. The zero-order chi connectivity index (χ0) is 31.3. The van der Waals surface area contributed by atoms with Crippen LogP contribution in [0.25, 0.3) is 0 Å². The van der Waals surface area contributed by atoms with Gasteiger partial charge in [0.05, 0.1) is 24.9 Å². The number of carbonyl (C=O) groups is 1. The van der Waals surface area contributed by atoms with E-state index in [0.717, 1.165) is 0 Å². The van der Waals surface area contributed by atoms with Gasteiger partial charge in [-0.2, -0.15) is 0 Å². The number of nitrogens with one attached hydrogen (secondary N) is 1. The second kappa shape index (κ2) is 13.1. The molecule has 0 radical (unpaired) electrons. The number of esters is 1. The summed E-state index contributed by atoms with van der Waals surface area (Å²) in [6.45, 7) is 17.5. The van der Waals surface area contributed by atoms with Crippen LogP contribution in [0.15, 0.2) is 0 Å². The molecule has 0 bridgehead atoms. The minimum Gasteiger partial charge on any atom is -0.457 e. The topological polar surface area (TPSA) is 124 Å². The van der Waals surface area contributed by atoms with E-state index in [0.29, 0.717) is 18.4 Å². The Kier molecular flexibility index (Phi) is 10.7. The van der Waals surface area contributed by atoms with E-state index in [1.807, 2.05) is 13.8 Å². The van der Waals surface area contributed by atoms with E-state index in [2.05, 4.69) is 20.8 Å². The van der Waals surface area contributed by atoms with Crippen molar-refractivity contribution >= 4 is 46.7 Å². The van der Waals surface area contributed by atoms with E-state index in [1.165, 1.54) is 6.92 Å².